The predicted octanol–water partition coefficient (Wildman–Crippen LogP) is 2.85. The normalized spacial score (nSPS) is 12.1. The van der Waals surface area contributed by atoms with Gasteiger partial charge in [-0.25, -0.2) is 0 Å². The Balaban J connectivity index is 3.16. The molecule has 1 rings (SSSR count). The third kappa shape index (κ3) is 3.84. The highest BCUT2D eigenvalue weighted by atomic mass is 32.2. The lowest BCUT2D eigenvalue weighted by molar-refractivity contribution is 0.282. The largest absolute Gasteiger partial charge is 0.476 e. The summed E-state index contributed by atoms with van der Waals surface area (Å²) < 4.78 is 34.1. The fourth-order valence-corrected chi connectivity index (χ4v) is 3.11. The summed E-state index contributed by atoms with van der Waals surface area (Å²) in [4.78, 5) is 0.131. The molecule has 0 spiro atoms. The minimum absolute atomic E-state index is 0.0264. The molecule has 110 valence electrons. The average Bonchev–Trinajstić information content (AvgIpc) is 2.32. The van der Waals surface area contributed by atoms with Gasteiger partial charge < -0.3 is 4.74 Å². The van der Waals surface area contributed by atoms with Crippen LogP contribution in [0.3, 0.4) is 0 Å². The molecule has 0 heterocycles. The fourth-order valence-electron chi connectivity index (χ4n) is 1.95. The molecular formula is C14H19NO4S. The maximum Gasteiger partial charge on any atom is 0.359 e. The Morgan fingerprint density at radius 3 is 2.30 bits per heavy atom. The second-order valence-corrected chi connectivity index (χ2v) is 5.79. The molecule has 0 aromatic heterocycles. The first kappa shape index (κ1) is 16.2. The molecular weight excluding hydrogens is 278 g/mol. The summed E-state index contributed by atoms with van der Waals surface area (Å²) in [6.45, 7) is 10.9. The topological polar surface area (TPSA) is 65.0 Å². The zero-order valence-electron chi connectivity index (χ0n) is 12.1. The number of oxime groups is 1. The third-order valence-electron chi connectivity index (χ3n) is 2.55. The number of benzene rings is 1. The van der Waals surface area contributed by atoms with Crippen LogP contribution in [0.1, 0.15) is 23.6 Å². The van der Waals surface area contributed by atoms with Gasteiger partial charge in [-0.05, 0) is 50.1 Å². The van der Waals surface area contributed by atoms with Gasteiger partial charge in [0.15, 0.2) is 0 Å². The van der Waals surface area contributed by atoms with Crippen LogP contribution in [-0.4, -0.2) is 20.9 Å². The van der Waals surface area contributed by atoms with E-state index in [9.17, 15) is 8.42 Å². The lowest BCUT2D eigenvalue weighted by Gasteiger charge is -2.10. The lowest BCUT2D eigenvalue weighted by Crippen LogP contribution is -2.10. The van der Waals surface area contributed by atoms with Crippen molar-refractivity contribution >= 4 is 16.0 Å². The number of aryl methyl sites for hydroxylation is 3. The van der Waals surface area contributed by atoms with Crippen LogP contribution < -0.4 is 0 Å². The van der Waals surface area contributed by atoms with Crippen molar-refractivity contribution in [2.45, 2.75) is 32.6 Å². The van der Waals surface area contributed by atoms with Gasteiger partial charge in [0.2, 0.25) is 0 Å². The van der Waals surface area contributed by atoms with Gasteiger partial charge in [0.05, 0.1) is 6.61 Å². The van der Waals surface area contributed by atoms with E-state index in [0.29, 0.717) is 17.7 Å². The molecule has 1 aromatic carbocycles. The van der Waals surface area contributed by atoms with Crippen molar-refractivity contribution in [2.75, 3.05) is 6.61 Å². The molecule has 0 bridgehead atoms. The van der Waals surface area contributed by atoms with E-state index < -0.39 is 10.1 Å². The van der Waals surface area contributed by atoms with Gasteiger partial charge in [-0.1, -0.05) is 24.3 Å². The Kier molecular flexibility index (Phi) is 5.33. The summed E-state index contributed by atoms with van der Waals surface area (Å²) in [6.07, 6.45) is 1.29. The second-order valence-electron chi connectivity index (χ2n) is 4.32. The highest BCUT2D eigenvalue weighted by Gasteiger charge is 2.22. The molecule has 0 aliphatic carbocycles. The van der Waals surface area contributed by atoms with Crippen LogP contribution in [0.15, 0.2) is 34.8 Å². The molecule has 6 heteroatoms. The molecule has 0 N–H and O–H groups in total. The fraction of sp³-hybridized carbons (Fsp3) is 0.357. The molecule has 5 nitrogen and oxygen atoms in total. The second kappa shape index (κ2) is 6.56. The number of nitrogens with zero attached hydrogens (tertiary/aromatic N) is 1. The first-order valence-electron chi connectivity index (χ1n) is 6.16. The standard InChI is InChI=1S/C14H19NO4S/c1-6-13(18-7-2)15-19-20(16,17)14-11(4)8-10(3)9-12(14)5/h6,8-9H,1,7H2,2-5H3/b15-13-. The molecule has 0 radical (unpaired) electrons. The zero-order valence-corrected chi connectivity index (χ0v) is 13.0. The van der Waals surface area contributed by atoms with Crippen LogP contribution in [-0.2, 0) is 19.1 Å². The molecule has 20 heavy (non-hydrogen) atoms. The van der Waals surface area contributed by atoms with Gasteiger partial charge in [0, 0.05) is 0 Å². The smallest absolute Gasteiger partial charge is 0.359 e. The Morgan fingerprint density at radius 1 is 1.30 bits per heavy atom. The van der Waals surface area contributed by atoms with Crippen LogP contribution in [0.25, 0.3) is 0 Å². The number of hydrogen-bond donors (Lipinski definition) is 0. The summed E-state index contributed by atoms with van der Waals surface area (Å²) in [5.74, 6) is 0.0264. The van der Waals surface area contributed by atoms with E-state index in [-0.39, 0.29) is 10.8 Å². The summed E-state index contributed by atoms with van der Waals surface area (Å²) in [5.41, 5.74) is 2.23. The van der Waals surface area contributed by atoms with Crippen molar-refractivity contribution in [1.82, 2.24) is 0 Å². The third-order valence-corrected chi connectivity index (χ3v) is 3.96. The van der Waals surface area contributed by atoms with E-state index in [1.165, 1.54) is 6.08 Å². The first-order chi connectivity index (χ1) is 9.31. The van der Waals surface area contributed by atoms with Crippen LogP contribution in [0.5, 0.6) is 0 Å². The van der Waals surface area contributed by atoms with Gasteiger partial charge >= 0.3 is 10.1 Å². The number of hydrogen-bond acceptors (Lipinski definition) is 5. The molecule has 0 aliphatic rings. The van der Waals surface area contributed by atoms with E-state index in [0.717, 1.165) is 5.56 Å². The van der Waals surface area contributed by atoms with Crippen molar-refractivity contribution in [3.63, 3.8) is 0 Å². The van der Waals surface area contributed by atoms with Crippen molar-refractivity contribution in [1.29, 1.82) is 0 Å². The average molecular weight is 297 g/mol. The Labute approximate surface area is 120 Å². The molecule has 0 unspecified atom stereocenters. The van der Waals surface area contributed by atoms with Crippen molar-refractivity contribution < 1.29 is 17.4 Å². The SMILES string of the molecule is C=C/C(=N/OS(=O)(=O)c1c(C)cc(C)cc1C)OCC. The van der Waals surface area contributed by atoms with Crippen LogP contribution in [0, 0.1) is 20.8 Å². The molecule has 0 saturated carbocycles. The summed E-state index contributed by atoms with van der Waals surface area (Å²) >= 11 is 0. The molecule has 0 aliphatic heterocycles. The molecule has 0 atom stereocenters. The first-order valence-corrected chi connectivity index (χ1v) is 7.57. The predicted molar refractivity (Wildman–Crippen MR) is 78.2 cm³/mol. The Morgan fingerprint density at radius 2 is 1.85 bits per heavy atom. The van der Waals surface area contributed by atoms with E-state index >= 15 is 0 Å². The van der Waals surface area contributed by atoms with Crippen molar-refractivity contribution in [2.24, 2.45) is 5.16 Å². The van der Waals surface area contributed by atoms with Gasteiger partial charge in [-0.2, -0.15) is 8.42 Å². The van der Waals surface area contributed by atoms with Gasteiger partial charge in [-0.3, -0.25) is 4.28 Å². The summed E-state index contributed by atoms with van der Waals surface area (Å²) in [5, 5.41) is 3.47. The van der Waals surface area contributed by atoms with E-state index in [1.54, 1.807) is 32.9 Å². The maximum atomic E-state index is 12.2. The monoisotopic (exact) mass is 297 g/mol. The quantitative estimate of drug-likeness (QED) is 0.476. The molecule has 0 fully saturated rings. The van der Waals surface area contributed by atoms with Crippen molar-refractivity contribution in [3.05, 3.63) is 41.5 Å². The number of rotatable bonds is 5. The van der Waals surface area contributed by atoms with Crippen molar-refractivity contribution in [3.8, 4) is 0 Å². The molecule has 0 saturated heterocycles. The van der Waals surface area contributed by atoms with Crippen LogP contribution in [0.4, 0.5) is 0 Å². The van der Waals surface area contributed by atoms with Crippen LogP contribution in [0.2, 0.25) is 0 Å². The summed E-state index contributed by atoms with van der Waals surface area (Å²) in [7, 11) is -3.98. The van der Waals surface area contributed by atoms with E-state index in [1.807, 2.05) is 6.92 Å². The van der Waals surface area contributed by atoms with E-state index in [2.05, 4.69) is 16.0 Å². The Bertz CT molecular complexity index is 610. The highest BCUT2D eigenvalue weighted by Crippen LogP contribution is 2.23. The van der Waals surface area contributed by atoms with Gasteiger partial charge in [0.1, 0.15) is 4.90 Å². The van der Waals surface area contributed by atoms with Crippen LogP contribution >= 0.6 is 0 Å². The lowest BCUT2D eigenvalue weighted by atomic mass is 10.1. The molecule has 0 amide bonds. The summed E-state index contributed by atoms with van der Waals surface area (Å²) in [6, 6.07) is 3.56. The number of ether oxygens (including phenoxy) is 1. The zero-order chi connectivity index (χ0) is 15.3. The van der Waals surface area contributed by atoms with Gasteiger partial charge in [0.25, 0.3) is 5.90 Å². The highest BCUT2D eigenvalue weighted by molar-refractivity contribution is 7.86. The maximum absolute atomic E-state index is 12.2. The van der Waals surface area contributed by atoms with Gasteiger partial charge in [-0.15, -0.1) is 0 Å². The Hall–Kier alpha value is -1.82. The minimum Gasteiger partial charge on any atom is -0.476 e. The minimum atomic E-state index is -3.98. The van der Waals surface area contributed by atoms with E-state index in [4.69, 9.17) is 4.74 Å². The molecule has 1 aromatic rings.